The summed E-state index contributed by atoms with van der Waals surface area (Å²) in [6.07, 6.45) is -3.55. The molecule has 4 aromatic carbocycles. The zero-order valence-corrected chi connectivity index (χ0v) is 29.6. The van der Waals surface area contributed by atoms with Gasteiger partial charge in [0.15, 0.2) is 10.5 Å². The van der Waals surface area contributed by atoms with E-state index >= 15 is 0 Å². The summed E-state index contributed by atoms with van der Waals surface area (Å²) in [5, 5.41) is 1.34. The first-order valence-corrected chi connectivity index (χ1v) is 17.3. The topological polar surface area (TPSA) is 79.1 Å². The number of ether oxygens (including phenoxy) is 3. The number of nitrogens with zero attached hydrogens (tertiary/aromatic N) is 2. The van der Waals surface area contributed by atoms with Gasteiger partial charge in [0.2, 0.25) is 0 Å². The molecule has 1 aliphatic rings. The fourth-order valence-electron chi connectivity index (χ4n) is 5.34. The van der Waals surface area contributed by atoms with E-state index in [-0.39, 0.29) is 34.7 Å². The molecule has 0 saturated carbocycles. The molecule has 0 spiro atoms. The van der Waals surface area contributed by atoms with Crippen molar-refractivity contribution >= 4 is 58.2 Å². The Morgan fingerprint density at radius 1 is 0.902 bits per heavy atom. The van der Waals surface area contributed by atoms with Gasteiger partial charge in [-0.2, -0.15) is 13.2 Å². The number of carbonyl (C=O) groups excluding carboxylic acids is 1. The molecule has 0 bridgehead atoms. The number of carbonyl (C=O) groups is 1. The summed E-state index contributed by atoms with van der Waals surface area (Å²) in [4.78, 5) is 30.8. The Morgan fingerprint density at radius 2 is 1.53 bits per heavy atom. The van der Waals surface area contributed by atoms with Crippen LogP contribution in [0.4, 0.5) is 13.2 Å². The highest BCUT2D eigenvalue weighted by atomic mass is 35.5. The highest BCUT2D eigenvalue weighted by molar-refractivity contribution is 7.07. The molecule has 0 amide bonds. The van der Waals surface area contributed by atoms with Crippen molar-refractivity contribution in [1.29, 1.82) is 0 Å². The molecule has 0 aliphatic carbocycles. The molecule has 2 heterocycles. The second-order valence-corrected chi connectivity index (χ2v) is 13.3. The third-order valence-electron chi connectivity index (χ3n) is 7.75. The second-order valence-electron chi connectivity index (χ2n) is 11.1. The van der Waals surface area contributed by atoms with Gasteiger partial charge in [-0.05, 0) is 55.0 Å². The molecule has 1 aliphatic heterocycles. The minimum atomic E-state index is -5.04. The van der Waals surface area contributed by atoms with E-state index in [0.717, 1.165) is 21.5 Å². The molecule has 0 N–H and O–H groups in total. The number of benzene rings is 4. The number of thiazole rings is 1. The SMILES string of the molecule is CCOC(=O)C1=C(C(F)(F)F)N=c2s/c(=C/c3ccc(OCc4ccccc4Cl)cc3OCc3ccccc3Cl)c(=O)n2[C@H]1c1ccc(Cl)cc1. The van der Waals surface area contributed by atoms with E-state index in [2.05, 4.69) is 4.99 Å². The summed E-state index contributed by atoms with van der Waals surface area (Å²) in [6.45, 7) is 1.50. The van der Waals surface area contributed by atoms with Crippen LogP contribution in [0.5, 0.6) is 11.5 Å². The molecular weight excluding hydrogens is 748 g/mol. The van der Waals surface area contributed by atoms with Crippen molar-refractivity contribution in [2.24, 2.45) is 4.99 Å². The standard InChI is InChI=1S/C37H26Cl3F3N2O5S/c1-2-48-35(47)31-32(21-11-14-25(38)15-12-21)45-34(46)30(51-36(45)44-33(31)37(41,42)43)17-22-13-16-26(49-19-23-7-3-5-9-27(23)39)18-29(22)50-20-24-8-4-6-10-28(24)40/h3-18,32H,2,19-20H2,1H3/b30-17+/t32-/m0/s1. The van der Waals surface area contributed by atoms with Crippen LogP contribution < -0.4 is 24.4 Å². The Hall–Kier alpha value is -4.55. The predicted molar refractivity (Wildman–Crippen MR) is 190 cm³/mol. The van der Waals surface area contributed by atoms with Crippen LogP contribution in [0.3, 0.4) is 0 Å². The van der Waals surface area contributed by atoms with Crippen molar-refractivity contribution in [1.82, 2.24) is 4.57 Å². The Bertz CT molecular complexity index is 2320. The molecule has 0 unspecified atom stereocenters. The summed E-state index contributed by atoms with van der Waals surface area (Å²) in [7, 11) is 0. The number of esters is 1. The van der Waals surface area contributed by atoms with E-state index in [1.807, 2.05) is 24.3 Å². The van der Waals surface area contributed by atoms with E-state index in [9.17, 15) is 22.8 Å². The molecule has 5 aromatic rings. The number of rotatable bonds is 10. The van der Waals surface area contributed by atoms with Gasteiger partial charge in [-0.3, -0.25) is 9.36 Å². The van der Waals surface area contributed by atoms with Gasteiger partial charge in [0.1, 0.15) is 24.7 Å². The highest BCUT2D eigenvalue weighted by Gasteiger charge is 2.45. The van der Waals surface area contributed by atoms with Crippen LogP contribution in [0.1, 0.15) is 35.2 Å². The molecule has 7 nitrogen and oxygen atoms in total. The van der Waals surface area contributed by atoms with Crippen molar-refractivity contribution in [3.05, 3.63) is 159 Å². The molecule has 0 radical (unpaired) electrons. The average molecular weight is 774 g/mol. The van der Waals surface area contributed by atoms with Crippen LogP contribution in [-0.2, 0) is 22.7 Å². The van der Waals surface area contributed by atoms with Crippen molar-refractivity contribution < 1.29 is 32.2 Å². The third kappa shape index (κ3) is 8.02. The van der Waals surface area contributed by atoms with E-state index in [1.54, 1.807) is 42.5 Å². The number of aromatic nitrogens is 1. The van der Waals surface area contributed by atoms with Gasteiger partial charge >= 0.3 is 12.1 Å². The quantitative estimate of drug-likeness (QED) is 0.133. The molecule has 14 heteroatoms. The number of hydrogen-bond donors (Lipinski definition) is 0. The molecule has 0 saturated heterocycles. The van der Waals surface area contributed by atoms with Gasteiger partial charge in [-0.25, -0.2) is 9.79 Å². The van der Waals surface area contributed by atoms with Gasteiger partial charge in [0, 0.05) is 37.8 Å². The molecule has 6 rings (SSSR count). The lowest BCUT2D eigenvalue weighted by molar-refractivity contribution is -0.140. The first-order chi connectivity index (χ1) is 24.4. The maximum atomic E-state index is 14.5. The van der Waals surface area contributed by atoms with Gasteiger partial charge in [-0.15, -0.1) is 0 Å². The monoisotopic (exact) mass is 772 g/mol. The first kappa shape index (κ1) is 36.2. The molecule has 1 atom stereocenters. The van der Waals surface area contributed by atoms with Crippen molar-refractivity contribution in [2.45, 2.75) is 32.4 Å². The van der Waals surface area contributed by atoms with Crippen LogP contribution in [0.15, 0.2) is 112 Å². The molecule has 1 aromatic heterocycles. The Morgan fingerprint density at radius 3 is 2.14 bits per heavy atom. The van der Waals surface area contributed by atoms with Crippen LogP contribution in [0.2, 0.25) is 15.1 Å². The normalized spacial score (nSPS) is 14.6. The zero-order valence-electron chi connectivity index (χ0n) is 26.5. The van der Waals surface area contributed by atoms with Gasteiger partial charge < -0.3 is 14.2 Å². The van der Waals surface area contributed by atoms with Crippen molar-refractivity contribution in [2.75, 3.05) is 6.61 Å². The van der Waals surface area contributed by atoms with E-state index in [4.69, 9.17) is 49.0 Å². The molecular formula is C37H26Cl3F3N2O5S. The number of alkyl halides is 3. The predicted octanol–water partition coefficient (Wildman–Crippen LogP) is 8.46. The number of fused-ring (bicyclic) bond motifs is 1. The van der Waals surface area contributed by atoms with Gasteiger partial charge in [-0.1, -0.05) is 94.7 Å². The second kappa shape index (κ2) is 15.4. The largest absolute Gasteiger partial charge is 0.489 e. The summed E-state index contributed by atoms with van der Waals surface area (Å²) < 4.78 is 61.9. The molecule has 0 fully saturated rings. The lowest BCUT2D eigenvalue weighted by atomic mass is 9.95. The van der Waals surface area contributed by atoms with Gasteiger partial charge in [0.25, 0.3) is 5.56 Å². The number of hydrogen-bond acceptors (Lipinski definition) is 7. The van der Waals surface area contributed by atoms with Gasteiger partial charge in [0.05, 0.1) is 22.8 Å². The van der Waals surface area contributed by atoms with Crippen LogP contribution in [0, 0.1) is 0 Å². The van der Waals surface area contributed by atoms with Crippen LogP contribution in [-0.4, -0.2) is 23.3 Å². The Labute approximate surface area is 308 Å². The minimum absolute atomic E-state index is 0.0340. The summed E-state index contributed by atoms with van der Waals surface area (Å²) in [6, 6.07) is 23.6. The van der Waals surface area contributed by atoms with E-state index < -0.39 is 35.0 Å². The minimum Gasteiger partial charge on any atom is -0.489 e. The highest BCUT2D eigenvalue weighted by Crippen LogP contribution is 2.38. The van der Waals surface area contributed by atoms with E-state index in [0.29, 0.717) is 37.7 Å². The Kier molecular flexibility index (Phi) is 10.9. The maximum absolute atomic E-state index is 14.5. The number of allylic oxidation sites excluding steroid dienone is 1. The zero-order chi connectivity index (χ0) is 36.3. The Balaban J connectivity index is 1.48. The van der Waals surface area contributed by atoms with Crippen molar-refractivity contribution in [3.8, 4) is 11.5 Å². The first-order valence-electron chi connectivity index (χ1n) is 15.4. The van der Waals surface area contributed by atoms with Crippen LogP contribution in [0.25, 0.3) is 6.08 Å². The van der Waals surface area contributed by atoms with Crippen LogP contribution >= 0.6 is 46.1 Å². The maximum Gasteiger partial charge on any atom is 0.434 e. The fourth-order valence-corrected chi connectivity index (χ4v) is 6.84. The fraction of sp³-hybridized carbons (Fsp3) is 0.162. The lowest BCUT2D eigenvalue weighted by Crippen LogP contribution is -2.41. The molecule has 262 valence electrons. The lowest BCUT2D eigenvalue weighted by Gasteiger charge is -2.26. The smallest absolute Gasteiger partial charge is 0.434 e. The summed E-state index contributed by atoms with van der Waals surface area (Å²) in [5.41, 5.74) is -0.860. The number of halogens is 6. The summed E-state index contributed by atoms with van der Waals surface area (Å²) in [5.74, 6) is -0.514. The van der Waals surface area contributed by atoms with E-state index in [1.165, 1.54) is 37.3 Å². The average Bonchev–Trinajstić information content (AvgIpc) is 3.41. The van der Waals surface area contributed by atoms with Crippen molar-refractivity contribution in [3.63, 3.8) is 0 Å². The third-order valence-corrected chi connectivity index (χ3v) is 9.72. The molecule has 51 heavy (non-hydrogen) atoms. The summed E-state index contributed by atoms with van der Waals surface area (Å²) >= 11 is 19.5.